The van der Waals surface area contributed by atoms with Crippen LogP contribution in [0.25, 0.3) is 0 Å². The van der Waals surface area contributed by atoms with Crippen molar-refractivity contribution in [1.29, 1.82) is 0 Å². The second-order valence-corrected chi connectivity index (χ2v) is 8.09. The molecule has 2 aliphatic rings. The van der Waals surface area contributed by atoms with Gasteiger partial charge in [0.15, 0.2) is 0 Å². The summed E-state index contributed by atoms with van der Waals surface area (Å²) in [6.45, 7) is 1.05. The molecule has 1 amide bonds. The number of hydrogen-bond donors (Lipinski definition) is 1. The number of alkyl halides is 3. The molecular formula is C23H24F3NO3. The largest absolute Gasteiger partial charge is 0.490 e. The molecule has 7 heteroatoms. The number of aliphatic hydroxyl groups is 1. The molecule has 4 rings (SSSR count). The van der Waals surface area contributed by atoms with Crippen LogP contribution in [-0.2, 0) is 11.8 Å². The molecule has 1 saturated heterocycles. The third kappa shape index (κ3) is 4.31. The number of ether oxygens (including phenoxy) is 1. The highest BCUT2D eigenvalue weighted by Crippen LogP contribution is 2.41. The van der Waals surface area contributed by atoms with Gasteiger partial charge < -0.3 is 14.7 Å². The average molecular weight is 419 g/mol. The number of rotatable bonds is 4. The van der Waals surface area contributed by atoms with Crippen LogP contribution in [0.4, 0.5) is 13.2 Å². The van der Waals surface area contributed by atoms with Crippen LogP contribution in [0.3, 0.4) is 0 Å². The third-order valence-corrected chi connectivity index (χ3v) is 6.06. The molecule has 0 atom stereocenters. The third-order valence-electron chi connectivity index (χ3n) is 6.06. The smallest absolute Gasteiger partial charge is 0.416 e. The maximum atomic E-state index is 12.8. The minimum Gasteiger partial charge on any atom is -0.490 e. The number of carbonyl (C=O) groups is 1. The van der Waals surface area contributed by atoms with E-state index in [4.69, 9.17) is 4.74 Å². The first-order chi connectivity index (χ1) is 14.2. The molecule has 0 bridgehead atoms. The monoisotopic (exact) mass is 419 g/mol. The Bertz CT molecular complexity index is 881. The summed E-state index contributed by atoms with van der Waals surface area (Å²) in [7, 11) is 0. The summed E-state index contributed by atoms with van der Waals surface area (Å²) in [6, 6.07) is 11.9. The highest BCUT2D eigenvalue weighted by molar-refractivity contribution is 5.94. The Morgan fingerprint density at radius 2 is 1.60 bits per heavy atom. The predicted molar refractivity (Wildman–Crippen MR) is 105 cm³/mol. The summed E-state index contributed by atoms with van der Waals surface area (Å²) < 4.78 is 43.7. The van der Waals surface area contributed by atoms with Gasteiger partial charge in [-0.25, -0.2) is 0 Å². The van der Waals surface area contributed by atoms with E-state index in [1.54, 1.807) is 17.0 Å². The molecule has 0 radical (unpaired) electrons. The Kier molecular flexibility index (Phi) is 5.49. The van der Waals surface area contributed by atoms with E-state index in [0.29, 0.717) is 37.2 Å². The summed E-state index contributed by atoms with van der Waals surface area (Å²) in [5.74, 6) is 0.340. The minimum atomic E-state index is -4.36. The molecule has 1 heterocycles. The molecule has 2 aromatic carbocycles. The minimum absolute atomic E-state index is 0.0601. The lowest BCUT2D eigenvalue weighted by Crippen LogP contribution is -2.41. The molecule has 1 aliphatic carbocycles. The molecule has 2 fully saturated rings. The van der Waals surface area contributed by atoms with Crippen LogP contribution in [0, 0.1) is 0 Å². The van der Waals surface area contributed by atoms with E-state index in [1.807, 2.05) is 12.1 Å². The van der Waals surface area contributed by atoms with Crippen LogP contribution >= 0.6 is 0 Å². The molecule has 1 saturated carbocycles. The highest BCUT2D eigenvalue weighted by atomic mass is 19.4. The SMILES string of the molecule is O=C(c1ccc(C2(O)CCC2)cc1)N1CCC(Oc2ccc(C(F)(F)F)cc2)CC1. The Balaban J connectivity index is 1.30. The quantitative estimate of drug-likeness (QED) is 0.777. The van der Waals surface area contributed by atoms with Crippen LogP contribution < -0.4 is 4.74 Å². The van der Waals surface area contributed by atoms with Crippen molar-refractivity contribution in [3.63, 3.8) is 0 Å². The van der Waals surface area contributed by atoms with Crippen molar-refractivity contribution >= 4 is 5.91 Å². The Morgan fingerprint density at radius 3 is 2.10 bits per heavy atom. The predicted octanol–water partition coefficient (Wildman–Crippen LogP) is 4.76. The number of amides is 1. The van der Waals surface area contributed by atoms with E-state index in [9.17, 15) is 23.1 Å². The number of likely N-dealkylation sites (tertiary alicyclic amines) is 1. The van der Waals surface area contributed by atoms with Gasteiger partial charge in [-0.3, -0.25) is 4.79 Å². The van der Waals surface area contributed by atoms with Crippen LogP contribution in [0.15, 0.2) is 48.5 Å². The van der Waals surface area contributed by atoms with E-state index in [0.717, 1.165) is 37.0 Å². The molecule has 1 N–H and O–H groups in total. The van der Waals surface area contributed by atoms with E-state index in [1.165, 1.54) is 12.1 Å². The number of piperidine rings is 1. The van der Waals surface area contributed by atoms with Crippen molar-refractivity contribution in [3.8, 4) is 5.75 Å². The number of carbonyl (C=O) groups excluding carboxylic acids is 1. The van der Waals surface area contributed by atoms with Gasteiger partial charge in [-0.1, -0.05) is 12.1 Å². The fourth-order valence-corrected chi connectivity index (χ4v) is 4.00. The molecule has 4 nitrogen and oxygen atoms in total. The Labute approximate surface area is 173 Å². The highest BCUT2D eigenvalue weighted by Gasteiger charge is 2.36. The van der Waals surface area contributed by atoms with Gasteiger partial charge in [-0.05, 0) is 61.2 Å². The zero-order valence-corrected chi connectivity index (χ0v) is 16.5. The first-order valence-corrected chi connectivity index (χ1v) is 10.2. The zero-order valence-electron chi connectivity index (χ0n) is 16.5. The fourth-order valence-electron chi connectivity index (χ4n) is 4.00. The topological polar surface area (TPSA) is 49.8 Å². The van der Waals surface area contributed by atoms with Crippen LogP contribution in [0.2, 0.25) is 0 Å². The van der Waals surface area contributed by atoms with Crippen LogP contribution in [-0.4, -0.2) is 35.1 Å². The first kappa shape index (κ1) is 20.7. The van der Waals surface area contributed by atoms with Gasteiger partial charge in [0.2, 0.25) is 0 Å². The molecule has 0 unspecified atom stereocenters. The van der Waals surface area contributed by atoms with E-state index in [-0.39, 0.29) is 12.0 Å². The summed E-state index contributed by atoms with van der Waals surface area (Å²) in [5, 5.41) is 10.4. The van der Waals surface area contributed by atoms with Crippen molar-refractivity contribution in [1.82, 2.24) is 4.90 Å². The van der Waals surface area contributed by atoms with Gasteiger partial charge in [0.05, 0.1) is 11.2 Å². The van der Waals surface area contributed by atoms with Crippen LogP contribution in [0.5, 0.6) is 5.75 Å². The number of nitrogens with zero attached hydrogens (tertiary/aromatic N) is 1. The molecule has 0 aromatic heterocycles. The Morgan fingerprint density at radius 1 is 1.00 bits per heavy atom. The fraction of sp³-hybridized carbons (Fsp3) is 0.435. The summed E-state index contributed by atoms with van der Waals surface area (Å²) >= 11 is 0. The van der Waals surface area contributed by atoms with Crippen molar-refractivity contribution in [2.45, 2.75) is 50.0 Å². The molecule has 1 aliphatic heterocycles. The lowest BCUT2D eigenvalue weighted by Gasteiger charge is -2.37. The molecular weight excluding hydrogens is 395 g/mol. The normalized spacial score (nSPS) is 19.3. The number of benzene rings is 2. The number of hydrogen-bond acceptors (Lipinski definition) is 3. The number of halogens is 3. The van der Waals surface area contributed by atoms with Gasteiger partial charge >= 0.3 is 6.18 Å². The summed E-state index contributed by atoms with van der Waals surface area (Å²) in [6.07, 6.45) is -0.742. The first-order valence-electron chi connectivity index (χ1n) is 10.2. The lowest BCUT2D eigenvalue weighted by molar-refractivity contribution is -0.137. The van der Waals surface area contributed by atoms with E-state index in [2.05, 4.69) is 0 Å². The van der Waals surface area contributed by atoms with Crippen LogP contribution in [0.1, 0.15) is 53.6 Å². The molecule has 0 spiro atoms. The lowest BCUT2D eigenvalue weighted by atomic mass is 9.75. The zero-order chi connectivity index (χ0) is 21.4. The summed E-state index contributed by atoms with van der Waals surface area (Å²) in [4.78, 5) is 14.5. The van der Waals surface area contributed by atoms with Gasteiger partial charge in [0.1, 0.15) is 11.9 Å². The second-order valence-electron chi connectivity index (χ2n) is 8.09. The summed E-state index contributed by atoms with van der Waals surface area (Å²) in [5.41, 5.74) is -0.00121. The molecule has 2 aromatic rings. The van der Waals surface area contributed by atoms with Crippen molar-refractivity contribution in [3.05, 3.63) is 65.2 Å². The van der Waals surface area contributed by atoms with Crippen molar-refractivity contribution < 1.29 is 27.8 Å². The van der Waals surface area contributed by atoms with E-state index < -0.39 is 17.3 Å². The van der Waals surface area contributed by atoms with Crippen molar-refractivity contribution in [2.75, 3.05) is 13.1 Å². The van der Waals surface area contributed by atoms with Gasteiger partial charge in [-0.2, -0.15) is 13.2 Å². The second kappa shape index (κ2) is 7.95. The van der Waals surface area contributed by atoms with E-state index >= 15 is 0 Å². The van der Waals surface area contributed by atoms with Gasteiger partial charge in [-0.15, -0.1) is 0 Å². The Hall–Kier alpha value is -2.54. The molecule has 30 heavy (non-hydrogen) atoms. The average Bonchev–Trinajstić information content (AvgIpc) is 2.72. The van der Waals surface area contributed by atoms with Gasteiger partial charge in [0, 0.05) is 31.5 Å². The standard InChI is InChI=1S/C23H24F3NO3/c24-23(25,26)18-6-8-19(9-7-18)30-20-10-14-27(15-11-20)21(28)16-2-4-17(5-3-16)22(29)12-1-13-22/h2-9,20,29H,1,10-15H2. The maximum Gasteiger partial charge on any atom is 0.416 e. The van der Waals surface area contributed by atoms with Gasteiger partial charge in [0.25, 0.3) is 5.91 Å². The molecule has 160 valence electrons. The van der Waals surface area contributed by atoms with Crippen molar-refractivity contribution in [2.24, 2.45) is 0 Å². The maximum absolute atomic E-state index is 12.8.